The zero-order valence-electron chi connectivity index (χ0n) is 16.6. The van der Waals surface area contributed by atoms with Gasteiger partial charge in [-0.25, -0.2) is 0 Å². The van der Waals surface area contributed by atoms with E-state index in [-0.39, 0.29) is 5.91 Å². The summed E-state index contributed by atoms with van der Waals surface area (Å²) in [5.74, 6) is 1.47. The minimum Gasteiger partial charge on any atom is -0.459 e. The highest BCUT2D eigenvalue weighted by molar-refractivity contribution is 5.84. The highest BCUT2D eigenvalue weighted by Gasteiger charge is 2.35. The first-order valence-corrected chi connectivity index (χ1v) is 9.32. The number of guanidine groups is 1. The van der Waals surface area contributed by atoms with Crippen LogP contribution in [-0.2, 0) is 11.3 Å². The molecule has 1 aromatic carbocycles. The second-order valence-corrected chi connectivity index (χ2v) is 7.44. The number of rotatable bonds is 4. The van der Waals surface area contributed by atoms with Gasteiger partial charge in [0.1, 0.15) is 11.3 Å². The molecule has 0 unspecified atom stereocenters. The maximum atomic E-state index is 11.7. The number of aliphatic imine (C=N–C) groups is 1. The van der Waals surface area contributed by atoms with Crippen LogP contribution in [0.25, 0.3) is 11.0 Å². The number of fused-ring (bicyclic) bond motifs is 1. The average molecular weight is 371 g/mol. The van der Waals surface area contributed by atoms with Gasteiger partial charge in [-0.3, -0.25) is 14.7 Å². The van der Waals surface area contributed by atoms with E-state index in [1.54, 1.807) is 7.05 Å². The third kappa shape index (κ3) is 3.78. The van der Waals surface area contributed by atoms with Gasteiger partial charge in [-0.1, -0.05) is 18.2 Å². The summed E-state index contributed by atoms with van der Waals surface area (Å²) in [6.07, 6.45) is 0. The minimum absolute atomic E-state index is 0.293. The molecule has 0 radical (unpaired) electrons. The predicted molar refractivity (Wildman–Crippen MR) is 108 cm³/mol. The fourth-order valence-corrected chi connectivity index (χ4v) is 3.52. The van der Waals surface area contributed by atoms with E-state index in [4.69, 9.17) is 10.2 Å². The molecule has 1 amide bonds. The molecule has 146 valence electrons. The Morgan fingerprint density at radius 1 is 1.26 bits per heavy atom. The summed E-state index contributed by atoms with van der Waals surface area (Å²) in [6.45, 7) is 9.52. The van der Waals surface area contributed by atoms with Crippen LogP contribution in [0.5, 0.6) is 0 Å². The molecule has 2 aromatic rings. The summed E-state index contributed by atoms with van der Waals surface area (Å²) in [6, 6.07) is 8.06. The van der Waals surface area contributed by atoms with Gasteiger partial charge in [0.05, 0.1) is 12.1 Å². The number of carbonyl (C=O) groups excluding carboxylic acids is 1. The van der Waals surface area contributed by atoms with E-state index < -0.39 is 5.54 Å². The van der Waals surface area contributed by atoms with Gasteiger partial charge in [0.2, 0.25) is 5.91 Å². The molecule has 27 heavy (non-hydrogen) atoms. The number of nitrogens with one attached hydrogen (secondary N) is 1. The topological polar surface area (TPSA) is 87.1 Å². The van der Waals surface area contributed by atoms with Crippen molar-refractivity contribution in [1.29, 1.82) is 0 Å². The van der Waals surface area contributed by atoms with Crippen LogP contribution in [-0.4, -0.2) is 60.4 Å². The number of benzene rings is 1. The van der Waals surface area contributed by atoms with Crippen molar-refractivity contribution >= 4 is 22.8 Å². The van der Waals surface area contributed by atoms with Gasteiger partial charge < -0.3 is 20.4 Å². The summed E-state index contributed by atoms with van der Waals surface area (Å²) in [7, 11) is 1.79. The minimum atomic E-state index is -0.631. The molecular formula is C20H29N5O2. The number of hydrogen-bond acceptors (Lipinski definition) is 4. The van der Waals surface area contributed by atoms with Gasteiger partial charge in [-0.2, -0.15) is 0 Å². The van der Waals surface area contributed by atoms with Gasteiger partial charge in [0.15, 0.2) is 5.96 Å². The number of para-hydroxylation sites is 1. The molecule has 2 heterocycles. The zero-order valence-corrected chi connectivity index (χ0v) is 16.6. The van der Waals surface area contributed by atoms with Crippen LogP contribution < -0.4 is 11.1 Å². The molecule has 0 atom stereocenters. The van der Waals surface area contributed by atoms with Crippen LogP contribution in [0, 0.1) is 6.92 Å². The van der Waals surface area contributed by atoms with Crippen LogP contribution >= 0.6 is 0 Å². The van der Waals surface area contributed by atoms with Gasteiger partial charge in [-0.15, -0.1) is 0 Å². The largest absolute Gasteiger partial charge is 0.459 e. The lowest BCUT2D eigenvalue weighted by Gasteiger charge is -2.43. The molecule has 1 aromatic heterocycles. The number of aryl methyl sites for hydroxylation is 1. The Morgan fingerprint density at radius 2 is 1.93 bits per heavy atom. The highest BCUT2D eigenvalue weighted by Crippen LogP contribution is 2.24. The second-order valence-electron chi connectivity index (χ2n) is 7.44. The zero-order chi connectivity index (χ0) is 19.6. The number of nitrogens with zero attached hydrogens (tertiary/aromatic N) is 3. The van der Waals surface area contributed by atoms with E-state index in [0.29, 0.717) is 6.54 Å². The summed E-state index contributed by atoms with van der Waals surface area (Å²) < 4.78 is 5.97. The molecule has 0 aliphatic carbocycles. The third-order valence-electron chi connectivity index (χ3n) is 5.53. The summed E-state index contributed by atoms with van der Waals surface area (Å²) in [4.78, 5) is 20.4. The van der Waals surface area contributed by atoms with Crippen molar-refractivity contribution in [3.05, 3.63) is 35.6 Å². The number of amides is 1. The molecule has 1 aliphatic rings. The van der Waals surface area contributed by atoms with Crippen LogP contribution in [0.4, 0.5) is 0 Å². The number of hydrogen-bond donors (Lipinski definition) is 2. The Balaban J connectivity index is 1.62. The molecule has 0 spiro atoms. The standard InChI is InChI=1S/C20H29N5O2/c1-14-15-7-5-6-8-16(15)27-17(14)13-23-19(22-4)24-9-11-25(12-10-24)20(2,3)18(21)26/h5-8H,9-13H2,1-4H3,(H2,21,26)(H,22,23). The van der Waals surface area contributed by atoms with Gasteiger partial charge in [-0.05, 0) is 26.8 Å². The third-order valence-corrected chi connectivity index (χ3v) is 5.53. The molecule has 0 bridgehead atoms. The molecule has 7 nitrogen and oxygen atoms in total. The van der Waals surface area contributed by atoms with Gasteiger partial charge >= 0.3 is 0 Å². The fourth-order valence-electron chi connectivity index (χ4n) is 3.52. The lowest BCUT2D eigenvalue weighted by atomic mass is 10.0. The Morgan fingerprint density at radius 3 is 2.52 bits per heavy atom. The van der Waals surface area contributed by atoms with Crippen LogP contribution in [0.15, 0.2) is 33.7 Å². The molecule has 0 saturated carbocycles. The number of furan rings is 1. The maximum absolute atomic E-state index is 11.7. The smallest absolute Gasteiger partial charge is 0.237 e. The Labute approximate surface area is 160 Å². The van der Waals surface area contributed by atoms with E-state index in [9.17, 15) is 4.79 Å². The lowest BCUT2D eigenvalue weighted by molar-refractivity contribution is -0.129. The first kappa shape index (κ1) is 19.2. The Hall–Kier alpha value is -2.54. The molecular weight excluding hydrogens is 342 g/mol. The van der Waals surface area contributed by atoms with Crippen LogP contribution in [0.3, 0.4) is 0 Å². The van der Waals surface area contributed by atoms with Crippen molar-refractivity contribution < 1.29 is 9.21 Å². The van der Waals surface area contributed by atoms with E-state index >= 15 is 0 Å². The molecule has 1 saturated heterocycles. The maximum Gasteiger partial charge on any atom is 0.237 e. The normalized spacial score (nSPS) is 16.7. The monoisotopic (exact) mass is 371 g/mol. The summed E-state index contributed by atoms with van der Waals surface area (Å²) in [5, 5.41) is 4.55. The number of primary amides is 1. The van der Waals surface area contributed by atoms with E-state index in [0.717, 1.165) is 54.4 Å². The molecule has 3 rings (SSSR count). The van der Waals surface area contributed by atoms with Crippen molar-refractivity contribution in [2.45, 2.75) is 32.9 Å². The van der Waals surface area contributed by atoms with Crippen LogP contribution in [0.1, 0.15) is 25.2 Å². The van der Waals surface area contributed by atoms with Gasteiger partial charge in [0.25, 0.3) is 0 Å². The summed E-state index contributed by atoms with van der Waals surface area (Å²) >= 11 is 0. The number of nitrogens with two attached hydrogens (primary N) is 1. The first-order chi connectivity index (χ1) is 12.8. The molecule has 3 N–H and O–H groups in total. The Kier molecular flexibility index (Phi) is 5.41. The molecule has 1 fully saturated rings. The van der Waals surface area contributed by atoms with Crippen LogP contribution in [0.2, 0.25) is 0 Å². The predicted octanol–water partition coefficient (Wildman–Crippen LogP) is 1.70. The van der Waals surface area contributed by atoms with Crippen molar-refractivity contribution in [3.63, 3.8) is 0 Å². The summed E-state index contributed by atoms with van der Waals surface area (Å²) in [5.41, 5.74) is 6.97. The van der Waals surface area contributed by atoms with Crippen molar-refractivity contribution in [2.75, 3.05) is 33.2 Å². The quantitative estimate of drug-likeness (QED) is 0.631. The number of piperazine rings is 1. The lowest BCUT2D eigenvalue weighted by Crippen LogP contribution is -2.61. The van der Waals surface area contributed by atoms with Crippen molar-refractivity contribution in [1.82, 2.24) is 15.1 Å². The highest BCUT2D eigenvalue weighted by atomic mass is 16.3. The van der Waals surface area contributed by atoms with Gasteiger partial charge in [0, 0.05) is 44.2 Å². The van der Waals surface area contributed by atoms with E-state index in [2.05, 4.69) is 33.1 Å². The molecule has 7 heteroatoms. The Bertz CT molecular complexity index is 847. The molecule has 1 aliphatic heterocycles. The average Bonchev–Trinajstić information content (AvgIpc) is 2.99. The fraction of sp³-hybridized carbons (Fsp3) is 0.500. The number of carbonyl (C=O) groups is 1. The second kappa shape index (κ2) is 7.60. The van der Waals surface area contributed by atoms with E-state index in [1.807, 2.05) is 32.0 Å². The van der Waals surface area contributed by atoms with Crippen molar-refractivity contribution in [3.8, 4) is 0 Å². The van der Waals surface area contributed by atoms with E-state index in [1.165, 1.54) is 0 Å². The first-order valence-electron chi connectivity index (χ1n) is 9.32. The SMILES string of the molecule is CN=C(NCc1oc2ccccc2c1C)N1CCN(C(C)(C)C(N)=O)CC1. The van der Waals surface area contributed by atoms with Crippen molar-refractivity contribution in [2.24, 2.45) is 10.7 Å².